The highest BCUT2D eigenvalue weighted by atomic mass is 32.1. The first-order chi connectivity index (χ1) is 9.59. The van der Waals surface area contributed by atoms with Gasteiger partial charge in [0, 0.05) is 37.6 Å². The molecule has 1 aromatic rings. The molecule has 0 spiro atoms. The summed E-state index contributed by atoms with van der Waals surface area (Å²) >= 11 is 1.79. The molecule has 1 aliphatic rings. The summed E-state index contributed by atoms with van der Waals surface area (Å²) in [5.41, 5.74) is 5.54. The van der Waals surface area contributed by atoms with E-state index in [1.807, 2.05) is 18.7 Å². The molecule has 0 atom stereocenters. The molecular weight excluding hydrogens is 270 g/mol. The lowest BCUT2D eigenvalue weighted by molar-refractivity contribution is -0.139. The summed E-state index contributed by atoms with van der Waals surface area (Å²) in [5.74, 6) is 0.123. The van der Waals surface area contributed by atoms with Gasteiger partial charge in [0.1, 0.15) is 0 Å². The molecule has 0 radical (unpaired) electrons. The van der Waals surface area contributed by atoms with E-state index >= 15 is 0 Å². The highest BCUT2D eigenvalue weighted by molar-refractivity contribution is 7.09. The highest BCUT2D eigenvalue weighted by Crippen LogP contribution is 2.18. The molecule has 2 heterocycles. The van der Waals surface area contributed by atoms with Gasteiger partial charge in [-0.1, -0.05) is 19.9 Å². The molecule has 5 heteroatoms. The molecule has 2 rings (SSSR count). The highest BCUT2D eigenvalue weighted by Gasteiger charge is 2.35. The molecule has 1 fully saturated rings. The Balaban J connectivity index is 1.86. The molecule has 2 N–H and O–H groups in total. The molecule has 0 unspecified atom stereocenters. The van der Waals surface area contributed by atoms with Crippen LogP contribution in [0.4, 0.5) is 0 Å². The van der Waals surface area contributed by atoms with E-state index < -0.39 is 5.54 Å². The van der Waals surface area contributed by atoms with Crippen LogP contribution in [0.5, 0.6) is 0 Å². The largest absolute Gasteiger partial charge is 0.339 e. The first kappa shape index (κ1) is 15.5. The minimum Gasteiger partial charge on any atom is -0.339 e. The van der Waals surface area contributed by atoms with Gasteiger partial charge in [0.05, 0.1) is 5.54 Å². The van der Waals surface area contributed by atoms with Crippen molar-refractivity contribution in [1.29, 1.82) is 0 Å². The number of carbonyl (C=O) groups excluding carboxylic acids is 1. The Hall–Kier alpha value is -0.910. The number of rotatable bonds is 5. The fourth-order valence-electron chi connectivity index (χ4n) is 2.60. The second kappa shape index (κ2) is 6.70. The van der Waals surface area contributed by atoms with Gasteiger partial charge in [-0.3, -0.25) is 9.69 Å². The summed E-state index contributed by atoms with van der Waals surface area (Å²) in [7, 11) is 0. The summed E-state index contributed by atoms with van der Waals surface area (Å²) in [6.45, 7) is 8.45. The van der Waals surface area contributed by atoms with E-state index in [1.165, 1.54) is 4.88 Å². The van der Waals surface area contributed by atoms with Crippen LogP contribution in [0.15, 0.2) is 17.5 Å². The number of hydrogen-bond donors (Lipinski definition) is 1. The standard InChI is InChI=1S/C15H25N3OS/c1-3-15(16,4-2)14(19)18-9-7-17(8-10-18)12-13-6-5-11-20-13/h5-6,11H,3-4,7-10,12,16H2,1-2H3. The van der Waals surface area contributed by atoms with Gasteiger partial charge < -0.3 is 10.6 Å². The van der Waals surface area contributed by atoms with Crippen molar-refractivity contribution in [3.63, 3.8) is 0 Å². The maximum atomic E-state index is 12.5. The van der Waals surface area contributed by atoms with Gasteiger partial charge in [0.15, 0.2) is 0 Å². The smallest absolute Gasteiger partial charge is 0.242 e. The third-order valence-corrected chi connectivity index (χ3v) is 5.17. The van der Waals surface area contributed by atoms with Crippen molar-refractivity contribution in [1.82, 2.24) is 9.80 Å². The molecule has 0 bridgehead atoms. The summed E-state index contributed by atoms with van der Waals surface area (Å²) in [4.78, 5) is 18.2. The molecule has 0 aliphatic carbocycles. The molecule has 0 aromatic carbocycles. The predicted molar refractivity (Wildman–Crippen MR) is 83.7 cm³/mol. The third kappa shape index (κ3) is 3.40. The van der Waals surface area contributed by atoms with Crippen LogP contribution in [0.2, 0.25) is 0 Å². The number of carbonyl (C=O) groups is 1. The number of nitrogens with zero attached hydrogens (tertiary/aromatic N) is 2. The van der Waals surface area contributed by atoms with E-state index in [4.69, 9.17) is 5.73 Å². The fourth-order valence-corrected chi connectivity index (χ4v) is 3.35. The van der Waals surface area contributed by atoms with Crippen LogP contribution in [-0.2, 0) is 11.3 Å². The van der Waals surface area contributed by atoms with Crippen LogP contribution >= 0.6 is 11.3 Å². The van der Waals surface area contributed by atoms with Crippen molar-refractivity contribution < 1.29 is 4.79 Å². The molecule has 20 heavy (non-hydrogen) atoms. The number of amides is 1. The van der Waals surface area contributed by atoms with Crippen molar-refractivity contribution in [2.24, 2.45) is 5.73 Å². The Morgan fingerprint density at radius 1 is 1.30 bits per heavy atom. The number of hydrogen-bond acceptors (Lipinski definition) is 4. The second-order valence-corrected chi connectivity index (χ2v) is 6.54. The summed E-state index contributed by atoms with van der Waals surface area (Å²) in [6.07, 6.45) is 1.41. The number of nitrogens with two attached hydrogens (primary N) is 1. The summed E-state index contributed by atoms with van der Waals surface area (Å²) in [5, 5.41) is 2.11. The van der Waals surface area contributed by atoms with E-state index in [9.17, 15) is 4.79 Å². The van der Waals surface area contributed by atoms with Crippen molar-refractivity contribution in [2.75, 3.05) is 26.2 Å². The molecule has 1 amide bonds. The Morgan fingerprint density at radius 2 is 1.95 bits per heavy atom. The molecular formula is C15H25N3OS. The fraction of sp³-hybridized carbons (Fsp3) is 0.667. The molecule has 112 valence electrons. The summed E-state index contributed by atoms with van der Waals surface area (Å²) in [6, 6.07) is 4.26. The van der Waals surface area contributed by atoms with Crippen molar-refractivity contribution >= 4 is 17.2 Å². The van der Waals surface area contributed by atoms with Crippen LogP contribution in [-0.4, -0.2) is 47.4 Å². The average Bonchev–Trinajstić information content (AvgIpc) is 2.99. The number of thiophene rings is 1. The quantitative estimate of drug-likeness (QED) is 0.903. The zero-order valence-corrected chi connectivity index (χ0v) is 13.3. The summed E-state index contributed by atoms with van der Waals surface area (Å²) < 4.78 is 0. The van der Waals surface area contributed by atoms with E-state index in [-0.39, 0.29) is 5.91 Å². The second-order valence-electron chi connectivity index (χ2n) is 5.51. The van der Waals surface area contributed by atoms with Crippen molar-refractivity contribution in [3.05, 3.63) is 22.4 Å². The van der Waals surface area contributed by atoms with E-state index in [2.05, 4.69) is 22.4 Å². The Bertz CT molecular complexity index is 420. The van der Waals surface area contributed by atoms with Crippen LogP contribution in [0.25, 0.3) is 0 Å². The van der Waals surface area contributed by atoms with E-state index in [0.29, 0.717) is 12.8 Å². The van der Waals surface area contributed by atoms with Crippen molar-refractivity contribution in [3.8, 4) is 0 Å². The SMILES string of the molecule is CCC(N)(CC)C(=O)N1CCN(Cc2cccs2)CC1. The monoisotopic (exact) mass is 295 g/mol. The maximum Gasteiger partial charge on any atom is 0.242 e. The van der Waals surface area contributed by atoms with Gasteiger partial charge in [-0.15, -0.1) is 11.3 Å². The topological polar surface area (TPSA) is 49.6 Å². The lowest BCUT2D eigenvalue weighted by Crippen LogP contribution is -2.59. The first-order valence-corrected chi connectivity index (χ1v) is 8.30. The Morgan fingerprint density at radius 3 is 2.45 bits per heavy atom. The molecule has 1 aliphatic heterocycles. The maximum absolute atomic E-state index is 12.5. The zero-order chi connectivity index (χ0) is 14.6. The molecule has 1 aromatic heterocycles. The first-order valence-electron chi connectivity index (χ1n) is 7.42. The van der Waals surface area contributed by atoms with Gasteiger partial charge in [-0.2, -0.15) is 0 Å². The van der Waals surface area contributed by atoms with E-state index in [0.717, 1.165) is 32.7 Å². The number of piperazine rings is 1. The van der Waals surface area contributed by atoms with Gasteiger partial charge in [-0.05, 0) is 24.3 Å². The van der Waals surface area contributed by atoms with Gasteiger partial charge in [-0.25, -0.2) is 0 Å². The van der Waals surface area contributed by atoms with Crippen LogP contribution in [0.3, 0.4) is 0 Å². The van der Waals surface area contributed by atoms with Gasteiger partial charge >= 0.3 is 0 Å². The van der Waals surface area contributed by atoms with Gasteiger partial charge in [0.25, 0.3) is 0 Å². The molecule has 0 saturated carbocycles. The average molecular weight is 295 g/mol. The van der Waals surface area contributed by atoms with Crippen LogP contribution < -0.4 is 5.73 Å². The van der Waals surface area contributed by atoms with Crippen molar-refractivity contribution in [2.45, 2.75) is 38.8 Å². The van der Waals surface area contributed by atoms with Gasteiger partial charge in [0.2, 0.25) is 5.91 Å². The van der Waals surface area contributed by atoms with E-state index in [1.54, 1.807) is 11.3 Å². The lowest BCUT2D eigenvalue weighted by atomic mass is 9.92. The Labute approximate surface area is 125 Å². The minimum absolute atomic E-state index is 0.123. The predicted octanol–water partition coefficient (Wildman–Crippen LogP) is 1.91. The molecule has 4 nitrogen and oxygen atoms in total. The van der Waals surface area contributed by atoms with Crippen LogP contribution in [0, 0.1) is 0 Å². The Kier molecular flexibility index (Phi) is 5.18. The third-order valence-electron chi connectivity index (χ3n) is 4.31. The van der Waals surface area contributed by atoms with Crippen LogP contribution in [0.1, 0.15) is 31.6 Å². The minimum atomic E-state index is -0.671. The molecule has 1 saturated heterocycles. The zero-order valence-electron chi connectivity index (χ0n) is 12.5. The normalized spacial score (nSPS) is 17.4. The lowest BCUT2D eigenvalue weighted by Gasteiger charge is -2.39.